The van der Waals surface area contributed by atoms with Gasteiger partial charge in [0.1, 0.15) is 0 Å². The second-order valence-electron chi connectivity index (χ2n) is 8.49. The first-order valence-electron chi connectivity index (χ1n) is 11.6. The predicted octanol–water partition coefficient (Wildman–Crippen LogP) is 5.07. The molecule has 1 aliphatic rings. The lowest BCUT2D eigenvalue weighted by molar-refractivity contribution is 0.190. The molecule has 0 unspecified atom stereocenters. The number of benzene rings is 3. The normalized spacial score (nSPS) is 14.9. The lowest BCUT2D eigenvalue weighted by Crippen LogP contribution is -2.41. The highest BCUT2D eigenvalue weighted by Gasteiger charge is 2.19. The third-order valence-electron chi connectivity index (χ3n) is 6.15. The first kappa shape index (κ1) is 22.4. The zero-order chi connectivity index (χ0) is 22.0. The van der Waals surface area contributed by atoms with Gasteiger partial charge in [-0.2, -0.15) is 0 Å². The van der Waals surface area contributed by atoms with E-state index in [1.165, 1.54) is 29.5 Å². The van der Waals surface area contributed by atoms with Crippen LogP contribution in [0.4, 0.5) is 0 Å². The predicted molar refractivity (Wildman–Crippen MR) is 130 cm³/mol. The van der Waals surface area contributed by atoms with E-state index in [1.54, 1.807) is 7.11 Å². The minimum atomic E-state index is 0.565. The minimum absolute atomic E-state index is 0.565. The van der Waals surface area contributed by atoms with Crippen LogP contribution in [0, 0.1) is 0 Å². The molecule has 3 aromatic carbocycles. The van der Waals surface area contributed by atoms with E-state index in [9.17, 15) is 0 Å². The van der Waals surface area contributed by atoms with E-state index < -0.39 is 0 Å². The highest BCUT2D eigenvalue weighted by Crippen LogP contribution is 2.28. The van der Waals surface area contributed by atoms with Crippen LogP contribution in [0.1, 0.15) is 29.5 Å². The van der Waals surface area contributed by atoms with Crippen LogP contribution in [0.25, 0.3) is 0 Å². The van der Waals surface area contributed by atoms with E-state index in [0.717, 1.165) is 44.1 Å². The number of nitrogens with one attached hydrogen (secondary N) is 1. The van der Waals surface area contributed by atoms with Gasteiger partial charge in [-0.1, -0.05) is 66.7 Å². The van der Waals surface area contributed by atoms with Crippen LogP contribution in [-0.2, 0) is 19.5 Å². The Morgan fingerprint density at radius 2 is 1.50 bits per heavy atom. The number of rotatable bonds is 10. The van der Waals surface area contributed by atoms with Gasteiger partial charge in [-0.15, -0.1) is 0 Å². The monoisotopic (exact) mass is 430 g/mol. The number of nitrogens with zero attached hydrogens (tertiary/aromatic N) is 1. The molecule has 1 aliphatic heterocycles. The minimum Gasteiger partial charge on any atom is -0.493 e. The molecule has 1 fully saturated rings. The van der Waals surface area contributed by atoms with E-state index in [4.69, 9.17) is 9.47 Å². The summed E-state index contributed by atoms with van der Waals surface area (Å²) in [5.41, 5.74) is 3.91. The zero-order valence-electron chi connectivity index (χ0n) is 19.0. The van der Waals surface area contributed by atoms with Crippen molar-refractivity contribution >= 4 is 0 Å². The molecule has 4 rings (SSSR count). The maximum absolute atomic E-state index is 5.99. The smallest absolute Gasteiger partial charge is 0.161 e. The van der Waals surface area contributed by atoms with Gasteiger partial charge in [-0.05, 0) is 54.8 Å². The maximum atomic E-state index is 5.99. The number of ether oxygens (including phenoxy) is 2. The van der Waals surface area contributed by atoms with E-state index in [-0.39, 0.29) is 0 Å². The lowest BCUT2D eigenvalue weighted by atomic mass is 10.0. The molecule has 0 radical (unpaired) electrons. The molecule has 0 saturated carbocycles. The van der Waals surface area contributed by atoms with Crippen LogP contribution in [0.2, 0.25) is 0 Å². The second kappa shape index (κ2) is 11.7. The number of hydrogen-bond donors (Lipinski definition) is 1. The van der Waals surface area contributed by atoms with Crippen molar-refractivity contribution in [3.63, 3.8) is 0 Å². The summed E-state index contributed by atoms with van der Waals surface area (Å²) >= 11 is 0. The second-order valence-corrected chi connectivity index (χ2v) is 8.49. The van der Waals surface area contributed by atoms with Crippen LogP contribution >= 0.6 is 0 Å². The van der Waals surface area contributed by atoms with Gasteiger partial charge < -0.3 is 14.8 Å². The van der Waals surface area contributed by atoms with E-state index in [0.29, 0.717) is 12.6 Å². The van der Waals surface area contributed by atoms with Crippen molar-refractivity contribution in [1.82, 2.24) is 10.2 Å². The number of methoxy groups -OCH3 is 1. The summed E-state index contributed by atoms with van der Waals surface area (Å²) in [5, 5.41) is 3.73. The Balaban J connectivity index is 1.21. The summed E-state index contributed by atoms with van der Waals surface area (Å²) in [5.74, 6) is 1.61. The van der Waals surface area contributed by atoms with Crippen molar-refractivity contribution in [3.8, 4) is 11.5 Å². The Morgan fingerprint density at radius 1 is 0.812 bits per heavy atom. The largest absolute Gasteiger partial charge is 0.493 e. The molecular formula is C28H34N2O2. The quantitative estimate of drug-likeness (QED) is 0.487. The van der Waals surface area contributed by atoms with Crippen molar-refractivity contribution in [1.29, 1.82) is 0 Å². The van der Waals surface area contributed by atoms with Crippen LogP contribution in [-0.4, -0.2) is 37.7 Å². The van der Waals surface area contributed by atoms with Crippen molar-refractivity contribution in [2.75, 3.05) is 26.8 Å². The van der Waals surface area contributed by atoms with E-state index in [1.807, 2.05) is 12.1 Å². The molecule has 0 amide bonds. The fraction of sp³-hybridized carbons (Fsp3) is 0.357. The molecule has 1 heterocycles. The fourth-order valence-corrected chi connectivity index (χ4v) is 4.26. The molecule has 3 aromatic rings. The Labute approximate surface area is 192 Å². The molecule has 1 saturated heterocycles. The molecule has 0 bridgehead atoms. The van der Waals surface area contributed by atoms with Crippen LogP contribution in [0.3, 0.4) is 0 Å². The highest BCUT2D eigenvalue weighted by molar-refractivity contribution is 5.43. The van der Waals surface area contributed by atoms with Gasteiger partial charge in [0.2, 0.25) is 0 Å². The zero-order valence-corrected chi connectivity index (χ0v) is 19.0. The molecule has 0 atom stereocenters. The highest BCUT2D eigenvalue weighted by atomic mass is 16.5. The van der Waals surface area contributed by atoms with Gasteiger partial charge >= 0.3 is 0 Å². The SMILES string of the molecule is COc1cc(CNC2CCN(Cc3ccccc3)CC2)ccc1OCCc1ccccc1. The van der Waals surface area contributed by atoms with E-state index >= 15 is 0 Å². The van der Waals surface area contributed by atoms with Crippen LogP contribution < -0.4 is 14.8 Å². The van der Waals surface area contributed by atoms with Gasteiger partial charge in [0.05, 0.1) is 13.7 Å². The van der Waals surface area contributed by atoms with Gasteiger partial charge in [-0.25, -0.2) is 0 Å². The number of likely N-dealkylation sites (tertiary alicyclic amines) is 1. The van der Waals surface area contributed by atoms with Crippen LogP contribution in [0.5, 0.6) is 11.5 Å². The van der Waals surface area contributed by atoms with Gasteiger partial charge in [0.15, 0.2) is 11.5 Å². The summed E-state index contributed by atoms with van der Waals surface area (Å²) in [4.78, 5) is 2.55. The summed E-state index contributed by atoms with van der Waals surface area (Å²) in [6.07, 6.45) is 3.26. The van der Waals surface area contributed by atoms with E-state index in [2.05, 4.69) is 76.9 Å². The van der Waals surface area contributed by atoms with Gasteiger partial charge in [-0.3, -0.25) is 4.90 Å². The maximum Gasteiger partial charge on any atom is 0.161 e. The molecular weight excluding hydrogens is 396 g/mol. The Kier molecular flexibility index (Phi) is 8.18. The first-order valence-corrected chi connectivity index (χ1v) is 11.6. The Bertz CT molecular complexity index is 938. The topological polar surface area (TPSA) is 33.7 Å². The number of piperidine rings is 1. The molecule has 1 N–H and O–H groups in total. The van der Waals surface area contributed by atoms with Gasteiger partial charge in [0.25, 0.3) is 0 Å². The fourth-order valence-electron chi connectivity index (χ4n) is 4.26. The summed E-state index contributed by atoms with van der Waals surface area (Å²) in [7, 11) is 1.71. The lowest BCUT2D eigenvalue weighted by Gasteiger charge is -2.32. The van der Waals surface area contributed by atoms with Crippen molar-refractivity contribution in [3.05, 3.63) is 95.6 Å². The first-order chi connectivity index (χ1) is 15.8. The summed E-state index contributed by atoms with van der Waals surface area (Å²) in [6, 6.07) is 28.0. The van der Waals surface area contributed by atoms with Crippen molar-refractivity contribution < 1.29 is 9.47 Å². The van der Waals surface area contributed by atoms with Gasteiger partial charge in [0, 0.05) is 25.6 Å². The Hall–Kier alpha value is -2.82. The average molecular weight is 431 g/mol. The molecule has 168 valence electrons. The Morgan fingerprint density at radius 3 is 2.19 bits per heavy atom. The molecule has 4 nitrogen and oxygen atoms in total. The molecule has 0 spiro atoms. The third kappa shape index (κ3) is 6.59. The number of hydrogen-bond acceptors (Lipinski definition) is 4. The van der Waals surface area contributed by atoms with Crippen LogP contribution in [0.15, 0.2) is 78.9 Å². The van der Waals surface area contributed by atoms with Crippen molar-refractivity contribution in [2.45, 2.75) is 38.4 Å². The third-order valence-corrected chi connectivity index (χ3v) is 6.15. The summed E-state index contributed by atoms with van der Waals surface area (Å²) in [6.45, 7) is 4.83. The molecule has 4 heteroatoms. The summed E-state index contributed by atoms with van der Waals surface area (Å²) < 4.78 is 11.6. The standard InChI is InChI=1S/C28H34N2O2/c1-31-28-20-25(12-13-27(28)32-19-16-23-8-4-2-5-9-23)21-29-26-14-17-30(18-15-26)22-24-10-6-3-7-11-24/h2-13,20,26,29H,14-19,21-22H2,1H3. The van der Waals surface area contributed by atoms with Crippen molar-refractivity contribution in [2.24, 2.45) is 0 Å². The molecule has 32 heavy (non-hydrogen) atoms. The average Bonchev–Trinajstić information content (AvgIpc) is 2.85. The molecule has 0 aliphatic carbocycles. The molecule has 0 aromatic heterocycles.